The molecular formula is C29H32O10. The largest absolute Gasteiger partial charge is 0.493 e. The predicted molar refractivity (Wildman–Crippen MR) is 139 cm³/mol. The second-order valence-electron chi connectivity index (χ2n) is 9.79. The number of carbonyl (C=O) groups excluding carboxylic acids is 3. The first kappa shape index (κ1) is 27.8. The predicted octanol–water partition coefficient (Wildman–Crippen LogP) is 4.53. The van der Waals surface area contributed by atoms with Gasteiger partial charge in [-0.05, 0) is 44.2 Å². The molecular weight excluding hydrogens is 508 g/mol. The number of carbonyl (C=O) groups is 3. The fourth-order valence-electron chi connectivity index (χ4n) is 4.81. The van der Waals surface area contributed by atoms with E-state index in [2.05, 4.69) is 0 Å². The summed E-state index contributed by atoms with van der Waals surface area (Å²) in [6, 6.07) is 6.73. The molecule has 4 rings (SSSR count). The number of hydrogen-bond donors (Lipinski definition) is 0. The Morgan fingerprint density at radius 2 is 1.59 bits per heavy atom. The van der Waals surface area contributed by atoms with Gasteiger partial charge in [-0.3, -0.25) is 14.4 Å². The Morgan fingerprint density at radius 1 is 0.897 bits per heavy atom. The van der Waals surface area contributed by atoms with Crippen molar-refractivity contribution in [1.29, 1.82) is 0 Å². The van der Waals surface area contributed by atoms with Gasteiger partial charge in [0.2, 0.25) is 0 Å². The van der Waals surface area contributed by atoms with Crippen molar-refractivity contribution in [1.82, 2.24) is 0 Å². The minimum Gasteiger partial charge on any atom is -0.493 e. The van der Waals surface area contributed by atoms with Crippen LogP contribution in [0.4, 0.5) is 0 Å². The van der Waals surface area contributed by atoms with E-state index in [4.69, 9.17) is 33.2 Å². The second-order valence-corrected chi connectivity index (χ2v) is 9.79. The normalized spacial score (nSPS) is 20.3. The molecule has 10 nitrogen and oxygen atoms in total. The Bertz CT molecular complexity index is 1330. The Kier molecular flexibility index (Phi) is 7.76. The Morgan fingerprint density at radius 3 is 2.21 bits per heavy atom. The monoisotopic (exact) mass is 540 g/mol. The highest BCUT2D eigenvalue weighted by Crippen LogP contribution is 2.53. The first-order valence-electron chi connectivity index (χ1n) is 12.4. The Labute approximate surface area is 226 Å². The molecule has 0 N–H and O–H groups in total. The second kappa shape index (κ2) is 10.9. The summed E-state index contributed by atoms with van der Waals surface area (Å²) < 4.78 is 40.4. The average Bonchev–Trinajstić information content (AvgIpc) is 2.85. The molecule has 3 unspecified atom stereocenters. The van der Waals surface area contributed by atoms with Gasteiger partial charge in [0, 0.05) is 38.0 Å². The van der Waals surface area contributed by atoms with Gasteiger partial charge in [-0.25, -0.2) is 0 Å². The van der Waals surface area contributed by atoms with Crippen molar-refractivity contribution in [2.75, 3.05) is 20.8 Å². The third-order valence-corrected chi connectivity index (χ3v) is 6.39. The molecule has 2 aromatic rings. The zero-order chi connectivity index (χ0) is 28.5. The van der Waals surface area contributed by atoms with Crippen LogP contribution in [-0.4, -0.2) is 50.4 Å². The number of rotatable bonds is 7. The standard InChI is InChI=1S/C29H32O10/c1-15(30)35-14-25-26(20-12-23(33-6)24(34-7)13-22(20)36-16(2)31)28(37-17(3)32)19-8-9-21-18(27(19)38-25)10-11-29(4,5)39-21/h8-13,25-26,28H,14H2,1-7H3. The van der Waals surface area contributed by atoms with Gasteiger partial charge in [-0.15, -0.1) is 0 Å². The van der Waals surface area contributed by atoms with E-state index in [0.717, 1.165) is 0 Å². The summed E-state index contributed by atoms with van der Waals surface area (Å²) in [5.41, 5.74) is 1.15. The van der Waals surface area contributed by atoms with Crippen molar-refractivity contribution in [2.24, 2.45) is 0 Å². The molecule has 0 saturated heterocycles. The lowest BCUT2D eigenvalue weighted by Crippen LogP contribution is -2.40. The molecule has 0 saturated carbocycles. The topological polar surface area (TPSA) is 116 Å². The number of hydrogen-bond acceptors (Lipinski definition) is 10. The van der Waals surface area contributed by atoms with E-state index in [0.29, 0.717) is 39.7 Å². The lowest BCUT2D eigenvalue weighted by Gasteiger charge is -2.41. The lowest BCUT2D eigenvalue weighted by atomic mass is 9.80. The molecule has 0 aliphatic carbocycles. The summed E-state index contributed by atoms with van der Waals surface area (Å²) in [4.78, 5) is 36.3. The van der Waals surface area contributed by atoms with Crippen molar-refractivity contribution in [3.63, 3.8) is 0 Å². The molecule has 0 aromatic heterocycles. The molecule has 0 bridgehead atoms. The van der Waals surface area contributed by atoms with Gasteiger partial charge < -0.3 is 33.2 Å². The molecule has 10 heteroatoms. The highest BCUT2D eigenvalue weighted by Gasteiger charge is 2.45. The van der Waals surface area contributed by atoms with E-state index in [-0.39, 0.29) is 12.4 Å². The third-order valence-electron chi connectivity index (χ3n) is 6.39. The molecule has 208 valence electrons. The molecule has 3 atom stereocenters. The lowest BCUT2D eigenvalue weighted by molar-refractivity contribution is -0.154. The van der Waals surface area contributed by atoms with Crippen LogP contribution in [-0.2, 0) is 23.9 Å². The van der Waals surface area contributed by atoms with Crippen molar-refractivity contribution < 1.29 is 47.5 Å². The molecule has 0 radical (unpaired) electrons. The number of ether oxygens (including phenoxy) is 7. The van der Waals surface area contributed by atoms with Crippen LogP contribution in [0.25, 0.3) is 6.08 Å². The summed E-state index contributed by atoms with van der Waals surface area (Å²) in [6.45, 7) is 7.55. The maximum atomic E-state index is 12.4. The van der Waals surface area contributed by atoms with Crippen LogP contribution in [0, 0.1) is 0 Å². The maximum absolute atomic E-state index is 12.4. The van der Waals surface area contributed by atoms with Gasteiger partial charge in [-0.1, -0.05) is 0 Å². The maximum Gasteiger partial charge on any atom is 0.308 e. The van der Waals surface area contributed by atoms with Crippen LogP contribution in [0.15, 0.2) is 30.3 Å². The van der Waals surface area contributed by atoms with E-state index in [9.17, 15) is 14.4 Å². The minimum atomic E-state index is -0.909. The Hall–Kier alpha value is -4.21. The van der Waals surface area contributed by atoms with Gasteiger partial charge in [0.05, 0.1) is 25.7 Å². The summed E-state index contributed by atoms with van der Waals surface area (Å²) >= 11 is 0. The molecule has 0 fully saturated rings. The number of methoxy groups -OCH3 is 2. The van der Waals surface area contributed by atoms with Crippen LogP contribution < -0.4 is 23.7 Å². The van der Waals surface area contributed by atoms with Crippen molar-refractivity contribution in [3.05, 3.63) is 47.0 Å². The van der Waals surface area contributed by atoms with Crippen molar-refractivity contribution in [3.8, 4) is 28.7 Å². The van der Waals surface area contributed by atoms with Gasteiger partial charge in [0.15, 0.2) is 11.5 Å². The highest BCUT2D eigenvalue weighted by atomic mass is 16.6. The molecule has 2 heterocycles. The van der Waals surface area contributed by atoms with Crippen LogP contribution >= 0.6 is 0 Å². The van der Waals surface area contributed by atoms with E-state index in [1.54, 1.807) is 18.2 Å². The zero-order valence-electron chi connectivity index (χ0n) is 23.0. The summed E-state index contributed by atoms with van der Waals surface area (Å²) in [7, 11) is 2.93. The molecule has 39 heavy (non-hydrogen) atoms. The summed E-state index contributed by atoms with van der Waals surface area (Å²) in [5, 5.41) is 0. The summed E-state index contributed by atoms with van der Waals surface area (Å²) in [5.74, 6) is -0.528. The third kappa shape index (κ3) is 5.79. The van der Waals surface area contributed by atoms with E-state index >= 15 is 0 Å². The zero-order valence-corrected chi connectivity index (χ0v) is 23.0. The van der Waals surface area contributed by atoms with E-state index in [1.165, 1.54) is 41.1 Å². The van der Waals surface area contributed by atoms with Gasteiger partial charge in [0.25, 0.3) is 0 Å². The number of esters is 3. The minimum absolute atomic E-state index is 0.158. The number of fused-ring (bicyclic) bond motifs is 3. The van der Waals surface area contributed by atoms with Crippen LogP contribution in [0.3, 0.4) is 0 Å². The van der Waals surface area contributed by atoms with E-state index < -0.39 is 41.6 Å². The van der Waals surface area contributed by atoms with E-state index in [1.807, 2.05) is 26.0 Å². The van der Waals surface area contributed by atoms with Crippen LogP contribution in [0.2, 0.25) is 0 Å². The SMILES string of the molecule is COc1cc(OC(C)=O)c(C2C(COC(C)=O)Oc3c(ccc4c3C=CC(C)(C)O4)C2OC(C)=O)cc1OC. The van der Waals surface area contributed by atoms with Crippen LogP contribution in [0.5, 0.6) is 28.7 Å². The molecule has 2 aromatic carbocycles. The highest BCUT2D eigenvalue weighted by molar-refractivity contribution is 5.73. The average molecular weight is 541 g/mol. The quantitative estimate of drug-likeness (QED) is 0.366. The smallest absolute Gasteiger partial charge is 0.308 e. The summed E-state index contributed by atoms with van der Waals surface area (Å²) in [6.07, 6.45) is 2.04. The molecule has 2 aliphatic rings. The van der Waals surface area contributed by atoms with Gasteiger partial charge in [-0.2, -0.15) is 0 Å². The van der Waals surface area contributed by atoms with Gasteiger partial charge in [0.1, 0.15) is 41.7 Å². The number of benzene rings is 2. The van der Waals surface area contributed by atoms with Gasteiger partial charge >= 0.3 is 17.9 Å². The molecule has 0 amide bonds. The molecule has 0 spiro atoms. The van der Waals surface area contributed by atoms with Crippen molar-refractivity contribution >= 4 is 24.0 Å². The fraction of sp³-hybridized carbons (Fsp3) is 0.414. The molecule has 2 aliphatic heterocycles. The Balaban J connectivity index is 1.96. The first-order chi connectivity index (χ1) is 18.4. The fourth-order valence-corrected chi connectivity index (χ4v) is 4.81. The van der Waals surface area contributed by atoms with Crippen molar-refractivity contribution in [2.45, 2.75) is 58.3 Å². The van der Waals surface area contributed by atoms with Crippen LogP contribution in [0.1, 0.15) is 63.3 Å². The first-order valence-corrected chi connectivity index (χ1v) is 12.4.